The van der Waals surface area contributed by atoms with E-state index in [1.165, 1.54) is 0 Å². The number of hydrogen-bond donors (Lipinski definition) is 2. The zero-order valence-electron chi connectivity index (χ0n) is 15.5. The molecule has 144 valence electrons. The minimum Gasteiger partial charge on any atom is -0.348 e. The fourth-order valence-corrected chi connectivity index (χ4v) is 3.27. The van der Waals surface area contributed by atoms with Crippen molar-refractivity contribution < 1.29 is 4.79 Å². The van der Waals surface area contributed by atoms with Crippen molar-refractivity contribution in [2.24, 2.45) is 0 Å². The van der Waals surface area contributed by atoms with Gasteiger partial charge in [-0.15, -0.1) is 24.8 Å². The molecule has 1 aliphatic heterocycles. The van der Waals surface area contributed by atoms with Crippen molar-refractivity contribution >= 4 is 30.7 Å². The van der Waals surface area contributed by atoms with E-state index < -0.39 is 0 Å². The second kappa shape index (κ2) is 9.95. The molecule has 1 unspecified atom stereocenters. The number of benzene rings is 1. The summed E-state index contributed by atoms with van der Waals surface area (Å²) in [5.41, 5.74) is 4.27. The highest BCUT2D eigenvalue weighted by molar-refractivity contribution is 5.85. The zero-order chi connectivity index (χ0) is 17.1. The predicted octanol–water partition coefficient (Wildman–Crippen LogP) is 3.65. The van der Waals surface area contributed by atoms with Crippen LogP contribution in [-0.2, 0) is 4.79 Å². The van der Waals surface area contributed by atoms with Gasteiger partial charge in [0.2, 0.25) is 5.91 Å². The molecule has 1 amide bonds. The first-order valence-electron chi connectivity index (χ1n) is 8.72. The van der Waals surface area contributed by atoms with Crippen molar-refractivity contribution in [1.82, 2.24) is 20.4 Å². The summed E-state index contributed by atoms with van der Waals surface area (Å²) >= 11 is 0. The molecule has 2 heterocycles. The summed E-state index contributed by atoms with van der Waals surface area (Å²) in [6, 6.07) is 10.2. The molecule has 0 bridgehead atoms. The van der Waals surface area contributed by atoms with Gasteiger partial charge in [0.25, 0.3) is 0 Å². The zero-order valence-corrected chi connectivity index (χ0v) is 17.1. The van der Waals surface area contributed by atoms with Gasteiger partial charge in [-0.1, -0.05) is 18.6 Å². The van der Waals surface area contributed by atoms with Gasteiger partial charge in [0.05, 0.1) is 23.5 Å². The van der Waals surface area contributed by atoms with E-state index in [1.807, 2.05) is 25.5 Å². The lowest BCUT2D eigenvalue weighted by molar-refractivity contribution is -0.124. The maximum atomic E-state index is 12.3. The van der Waals surface area contributed by atoms with E-state index in [0.29, 0.717) is 0 Å². The van der Waals surface area contributed by atoms with Crippen molar-refractivity contribution in [3.63, 3.8) is 0 Å². The number of rotatable bonds is 4. The van der Waals surface area contributed by atoms with Gasteiger partial charge < -0.3 is 10.6 Å². The molecule has 2 N–H and O–H groups in total. The number of hydrogen-bond acceptors (Lipinski definition) is 3. The standard InChI is InChI=1S/C19H26N4O.2ClH/c1-13-12-14(2)23(22-13)17-9-7-16(8-10-17)15(3)21-19(24)18-6-4-5-11-20-18;;/h7-10,12,15,18,20H,4-6,11H2,1-3H3,(H,21,24);2*1H/t15?,18-;;/m1../s1. The molecule has 0 spiro atoms. The Kier molecular flexibility index (Phi) is 8.60. The normalized spacial score (nSPS) is 17.6. The topological polar surface area (TPSA) is 59.0 Å². The highest BCUT2D eigenvalue weighted by Gasteiger charge is 2.22. The summed E-state index contributed by atoms with van der Waals surface area (Å²) in [6.07, 6.45) is 3.21. The molecule has 1 aromatic heterocycles. The number of carbonyl (C=O) groups excluding carboxylic acids is 1. The molecule has 1 fully saturated rings. The smallest absolute Gasteiger partial charge is 0.237 e. The van der Waals surface area contributed by atoms with Gasteiger partial charge in [-0.3, -0.25) is 4.79 Å². The predicted molar refractivity (Wildman–Crippen MR) is 110 cm³/mol. The molecule has 2 aromatic rings. The van der Waals surface area contributed by atoms with Gasteiger partial charge in [-0.05, 0) is 63.9 Å². The summed E-state index contributed by atoms with van der Waals surface area (Å²) in [5, 5.41) is 10.9. The van der Waals surface area contributed by atoms with E-state index >= 15 is 0 Å². The van der Waals surface area contributed by atoms with Crippen LogP contribution in [0.15, 0.2) is 30.3 Å². The minimum absolute atomic E-state index is 0. The Labute approximate surface area is 167 Å². The lowest BCUT2D eigenvalue weighted by Crippen LogP contribution is -2.47. The molecule has 3 rings (SSSR count). The third-order valence-electron chi connectivity index (χ3n) is 4.63. The molecule has 1 aromatic carbocycles. The van der Waals surface area contributed by atoms with Crippen LogP contribution in [0.1, 0.15) is 49.2 Å². The van der Waals surface area contributed by atoms with E-state index in [9.17, 15) is 4.79 Å². The van der Waals surface area contributed by atoms with E-state index in [1.54, 1.807) is 0 Å². The minimum atomic E-state index is -0.0461. The number of aryl methyl sites for hydroxylation is 2. The number of aromatic nitrogens is 2. The number of nitrogens with zero attached hydrogens (tertiary/aromatic N) is 2. The van der Waals surface area contributed by atoms with Crippen LogP contribution in [0.4, 0.5) is 0 Å². The fraction of sp³-hybridized carbons (Fsp3) is 0.474. The van der Waals surface area contributed by atoms with Crippen LogP contribution in [0.5, 0.6) is 0 Å². The van der Waals surface area contributed by atoms with Crippen LogP contribution in [0.25, 0.3) is 5.69 Å². The summed E-state index contributed by atoms with van der Waals surface area (Å²) in [6.45, 7) is 7.01. The van der Waals surface area contributed by atoms with Crippen molar-refractivity contribution in [1.29, 1.82) is 0 Å². The van der Waals surface area contributed by atoms with Gasteiger partial charge in [-0.25, -0.2) is 4.68 Å². The number of amides is 1. The van der Waals surface area contributed by atoms with E-state index in [4.69, 9.17) is 0 Å². The molecule has 0 saturated carbocycles. The van der Waals surface area contributed by atoms with Crippen LogP contribution in [0, 0.1) is 13.8 Å². The fourth-order valence-electron chi connectivity index (χ4n) is 3.27. The summed E-state index contributed by atoms with van der Waals surface area (Å²) in [5.74, 6) is 0.102. The van der Waals surface area contributed by atoms with Crippen LogP contribution in [0.3, 0.4) is 0 Å². The van der Waals surface area contributed by atoms with Crippen LogP contribution in [-0.4, -0.2) is 28.3 Å². The Bertz CT molecular complexity index is 709. The quantitative estimate of drug-likeness (QED) is 0.825. The van der Waals surface area contributed by atoms with Crippen LogP contribution < -0.4 is 10.6 Å². The highest BCUT2D eigenvalue weighted by atomic mass is 35.5. The molecule has 1 saturated heterocycles. The second-order valence-electron chi connectivity index (χ2n) is 6.66. The molecule has 0 radical (unpaired) electrons. The number of nitrogens with one attached hydrogen (secondary N) is 2. The maximum Gasteiger partial charge on any atom is 0.237 e. The van der Waals surface area contributed by atoms with Gasteiger partial charge in [0.15, 0.2) is 0 Å². The van der Waals surface area contributed by atoms with Crippen LogP contribution >= 0.6 is 24.8 Å². The van der Waals surface area contributed by atoms with E-state index in [2.05, 4.69) is 46.1 Å². The molecule has 0 aliphatic carbocycles. The van der Waals surface area contributed by atoms with Crippen molar-refractivity contribution in [3.05, 3.63) is 47.3 Å². The lowest BCUT2D eigenvalue weighted by Gasteiger charge is -2.24. The SMILES string of the molecule is Cc1cc(C)n(-c2ccc(C(C)NC(=O)[C@H]3CCCCN3)cc2)n1.Cl.Cl. The largest absolute Gasteiger partial charge is 0.348 e. The molecule has 1 aliphatic rings. The summed E-state index contributed by atoms with van der Waals surface area (Å²) in [7, 11) is 0. The number of piperidine rings is 1. The molecular formula is C19H28Cl2N4O. The molecular weight excluding hydrogens is 371 g/mol. The van der Waals surface area contributed by atoms with Crippen molar-refractivity contribution in [2.75, 3.05) is 6.54 Å². The van der Waals surface area contributed by atoms with E-state index in [0.717, 1.165) is 48.4 Å². The van der Waals surface area contributed by atoms with Gasteiger partial charge in [-0.2, -0.15) is 5.10 Å². The molecule has 7 heteroatoms. The number of carbonyl (C=O) groups is 1. The van der Waals surface area contributed by atoms with Gasteiger partial charge in [0, 0.05) is 5.69 Å². The van der Waals surface area contributed by atoms with Gasteiger partial charge >= 0.3 is 0 Å². The summed E-state index contributed by atoms with van der Waals surface area (Å²) < 4.78 is 1.94. The first kappa shape index (κ1) is 22.5. The lowest BCUT2D eigenvalue weighted by atomic mass is 10.0. The third-order valence-corrected chi connectivity index (χ3v) is 4.63. The van der Waals surface area contributed by atoms with Crippen molar-refractivity contribution in [3.8, 4) is 5.69 Å². The monoisotopic (exact) mass is 398 g/mol. The Hall–Kier alpha value is -1.56. The average Bonchev–Trinajstić information content (AvgIpc) is 2.94. The highest BCUT2D eigenvalue weighted by Crippen LogP contribution is 2.18. The molecule has 26 heavy (non-hydrogen) atoms. The Morgan fingerprint density at radius 1 is 1.23 bits per heavy atom. The maximum absolute atomic E-state index is 12.3. The van der Waals surface area contributed by atoms with Crippen LogP contribution in [0.2, 0.25) is 0 Å². The number of halogens is 2. The Morgan fingerprint density at radius 3 is 2.46 bits per heavy atom. The second-order valence-corrected chi connectivity index (χ2v) is 6.66. The summed E-state index contributed by atoms with van der Waals surface area (Å²) in [4.78, 5) is 12.3. The third kappa shape index (κ3) is 5.22. The molecule has 2 atom stereocenters. The van der Waals surface area contributed by atoms with E-state index in [-0.39, 0.29) is 42.8 Å². The first-order chi connectivity index (χ1) is 11.5. The average molecular weight is 399 g/mol. The molecule has 5 nitrogen and oxygen atoms in total. The Balaban J connectivity index is 0.00000169. The Morgan fingerprint density at radius 2 is 1.92 bits per heavy atom. The van der Waals surface area contributed by atoms with Crippen molar-refractivity contribution in [2.45, 2.75) is 52.1 Å². The first-order valence-corrected chi connectivity index (χ1v) is 8.72. The van der Waals surface area contributed by atoms with Gasteiger partial charge in [0.1, 0.15) is 0 Å².